The second-order valence-corrected chi connectivity index (χ2v) is 9.36. The molecule has 3 aromatic rings. The number of aromatic nitrogens is 1. The summed E-state index contributed by atoms with van der Waals surface area (Å²) in [4.78, 5) is 31.3. The molecule has 0 spiro atoms. The molecule has 1 unspecified atom stereocenters. The maximum absolute atomic E-state index is 12.5. The van der Waals surface area contributed by atoms with Gasteiger partial charge in [-0.1, -0.05) is 69.7 Å². The number of likely N-dealkylation sites (N-methyl/N-ethyl adjacent to an activating group) is 1. The average molecular weight is 518 g/mol. The molecular formula is C31H39N3O4. The lowest BCUT2D eigenvalue weighted by Gasteiger charge is -2.35. The van der Waals surface area contributed by atoms with E-state index in [1.165, 1.54) is 24.6 Å². The van der Waals surface area contributed by atoms with Crippen LogP contribution in [0.1, 0.15) is 67.9 Å². The van der Waals surface area contributed by atoms with E-state index >= 15 is 0 Å². The standard InChI is InChI=1S/C29H33N3O4.C2H6/c1-3-29(16-7-8-17-32(2)21-29)24-12-9-13-25(18-24)36-28(34)31-26-15-14-23(19-30-26)27(33)35-20-22-10-5-4-6-11-22;1-2/h4-6,9-15,18-19H,3,7-8,16-17,20-21H2,1-2H3,(H,30,31,34);1-2H3. The number of likely N-dealkylation sites (tertiary alicyclic amines) is 1. The molecule has 1 aliphatic rings. The molecule has 202 valence electrons. The minimum Gasteiger partial charge on any atom is -0.457 e. The van der Waals surface area contributed by atoms with Crippen LogP contribution < -0.4 is 10.1 Å². The Bertz CT molecular complexity index is 1170. The largest absolute Gasteiger partial charge is 0.457 e. The first-order valence-electron chi connectivity index (χ1n) is 13.4. The molecule has 38 heavy (non-hydrogen) atoms. The quantitative estimate of drug-likeness (QED) is 0.346. The van der Waals surface area contributed by atoms with Crippen molar-refractivity contribution >= 4 is 17.9 Å². The first kappa shape index (κ1) is 28.9. The second kappa shape index (κ2) is 14.3. The maximum Gasteiger partial charge on any atom is 0.418 e. The van der Waals surface area contributed by atoms with Crippen molar-refractivity contribution in [1.82, 2.24) is 9.88 Å². The zero-order chi connectivity index (χ0) is 27.4. The van der Waals surface area contributed by atoms with Crippen LogP contribution in [0.5, 0.6) is 5.75 Å². The molecule has 1 amide bonds. The number of nitrogens with one attached hydrogen (secondary N) is 1. The number of amides is 1. The van der Waals surface area contributed by atoms with Crippen molar-refractivity contribution in [3.05, 3.63) is 89.6 Å². The van der Waals surface area contributed by atoms with Crippen molar-refractivity contribution < 1.29 is 19.1 Å². The van der Waals surface area contributed by atoms with Crippen LogP contribution in [0.15, 0.2) is 72.9 Å². The van der Waals surface area contributed by atoms with Gasteiger partial charge < -0.3 is 14.4 Å². The summed E-state index contributed by atoms with van der Waals surface area (Å²) >= 11 is 0. The lowest BCUT2D eigenvalue weighted by molar-refractivity contribution is 0.0472. The van der Waals surface area contributed by atoms with Crippen molar-refractivity contribution in [3.63, 3.8) is 0 Å². The van der Waals surface area contributed by atoms with Gasteiger partial charge in [0.1, 0.15) is 18.2 Å². The molecule has 4 rings (SSSR count). The van der Waals surface area contributed by atoms with Gasteiger partial charge in [-0.25, -0.2) is 14.6 Å². The van der Waals surface area contributed by atoms with Gasteiger partial charge in [-0.05, 0) is 68.2 Å². The number of hydrogen-bond acceptors (Lipinski definition) is 6. The Hall–Kier alpha value is -3.71. The van der Waals surface area contributed by atoms with Gasteiger partial charge in [0.25, 0.3) is 0 Å². The summed E-state index contributed by atoms with van der Waals surface area (Å²) in [5.41, 5.74) is 2.45. The van der Waals surface area contributed by atoms with Crippen LogP contribution in [-0.2, 0) is 16.8 Å². The third kappa shape index (κ3) is 7.89. The molecule has 1 N–H and O–H groups in total. The SMILES string of the molecule is CC.CCC1(c2cccc(OC(=O)Nc3ccc(C(=O)OCc4ccccc4)cn3)c2)CCCCN(C)C1. The molecule has 7 nitrogen and oxygen atoms in total. The Kier molecular flexibility index (Phi) is 10.8. The molecule has 0 bridgehead atoms. The summed E-state index contributed by atoms with van der Waals surface area (Å²) in [6.07, 6.45) is 5.27. The maximum atomic E-state index is 12.5. The fourth-order valence-corrected chi connectivity index (χ4v) is 4.77. The third-order valence-corrected chi connectivity index (χ3v) is 6.79. The molecule has 1 aliphatic heterocycles. The Morgan fingerprint density at radius 3 is 2.53 bits per heavy atom. The van der Waals surface area contributed by atoms with E-state index in [9.17, 15) is 9.59 Å². The number of carbonyl (C=O) groups excluding carboxylic acids is 2. The number of hydrogen-bond donors (Lipinski definition) is 1. The molecule has 0 radical (unpaired) electrons. The molecule has 1 atom stereocenters. The van der Waals surface area contributed by atoms with E-state index < -0.39 is 12.1 Å². The summed E-state index contributed by atoms with van der Waals surface area (Å²) in [6.45, 7) is 8.51. The van der Waals surface area contributed by atoms with Crippen LogP contribution in [0.2, 0.25) is 0 Å². The fraction of sp³-hybridized carbons (Fsp3) is 0.387. The number of nitrogens with zero attached hydrogens (tertiary/aromatic N) is 2. The minimum absolute atomic E-state index is 0.0492. The summed E-state index contributed by atoms with van der Waals surface area (Å²) in [7, 11) is 2.17. The molecule has 0 aliphatic carbocycles. The van der Waals surface area contributed by atoms with Gasteiger partial charge in [0.05, 0.1) is 5.56 Å². The van der Waals surface area contributed by atoms with Gasteiger partial charge >= 0.3 is 12.1 Å². The highest BCUT2D eigenvalue weighted by molar-refractivity contribution is 5.90. The number of carbonyl (C=O) groups is 2. The van der Waals surface area contributed by atoms with Gasteiger partial charge in [-0.15, -0.1) is 0 Å². The van der Waals surface area contributed by atoms with E-state index in [1.54, 1.807) is 18.2 Å². The highest BCUT2D eigenvalue weighted by atomic mass is 16.6. The van der Waals surface area contributed by atoms with Crippen molar-refractivity contribution in [1.29, 1.82) is 0 Å². The number of rotatable bonds is 7. The Morgan fingerprint density at radius 1 is 1.03 bits per heavy atom. The number of anilines is 1. The molecule has 1 saturated heterocycles. The minimum atomic E-state index is -0.636. The second-order valence-electron chi connectivity index (χ2n) is 9.36. The van der Waals surface area contributed by atoms with Crippen LogP contribution in [0.3, 0.4) is 0 Å². The van der Waals surface area contributed by atoms with Crippen LogP contribution in [-0.4, -0.2) is 42.1 Å². The predicted octanol–water partition coefficient (Wildman–Crippen LogP) is 6.84. The molecule has 1 aromatic heterocycles. The monoisotopic (exact) mass is 517 g/mol. The van der Waals surface area contributed by atoms with E-state index in [4.69, 9.17) is 9.47 Å². The van der Waals surface area contributed by atoms with Gasteiger partial charge in [-0.2, -0.15) is 0 Å². The highest BCUT2D eigenvalue weighted by Crippen LogP contribution is 2.37. The van der Waals surface area contributed by atoms with E-state index in [2.05, 4.69) is 35.2 Å². The number of ether oxygens (including phenoxy) is 2. The lowest BCUT2D eigenvalue weighted by atomic mass is 9.74. The third-order valence-electron chi connectivity index (χ3n) is 6.79. The zero-order valence-corrected chi connectivity index (χ0v) is 22.9. The first-order valence-corrected chi connectivity index (χ1v) is 13.4. The zero-order valence-electron chi connectivity index (χ0n) is 22.9. The molecule has 2 aromatic carbocycles. The lowest BCUT2D eigenvalue weighted by Crippen LogP contribution is -2.37. The summed E-state index contributed by atoms with van der Waals surface area (Å²) in [6, 6.07) is 20.4. The van der Waals surface area contributed by atoms with Crippen molar-refractivity contribution in [2.45, 2.75) is 58.5 Å². The van der Waals surface area contributed by atoms with Crippen LogP contribution >= 0.6 is 0 Å². The van der Waals surface area contributed by atoms with Gasteiger partial charge in [0.2, 0.25) is 0 Å². The predicted molar refractivity (Wildman–Crippen MR) is 151 cm³/mol. The Balaban J connectivity index is 0.00000195. The van der Waals surface area contributed by atoms with Crippen molar-refractivity contribution in [2.24, 2.45) is 0 Å². The van der Waals surface area contributed by atoms with E-state index in [-0.39, 0.29) is 17.8 Å². The first-order chi connectivity index (χ1) is 18.5. The molecule has 2 heterocycles. The fourth-order valence-electron chi connectivity index (χ4n) is 4.77. The highest BCUT2D eigenvalue weighted by Gasteiger charge is 2.33. The van der Waals surface area contributed by atoms with E-state index in [0.29, 0.717) is 11.3 Å². The number of pyridine rings is 1. The smallest absolute Gasteiger partial charge is 0.418 e. The number of esters is 1. The molecule has 1 fully saturated rings. The van der Waals surface area contributed by atoms with Gasteiger partial charge in [0.15, 0.2) is 0 Å². The normalized spacial score (nSPS) is 17.4. The Morgan fingerprint density at radius 2 is 1.82 bits per heavy atom. The van der Waals surface area contributed by atoms with Crippen molar-refractivity contribution in [2.75, 3.05) is 25.5 Å². The van der Waals surface area contributed by atoms with Crippen LogP contribution in [0, 0.1) is 0 Å². The summed E-state index contributed by atoms with van der Waals surface area (Å²) in [5.74, 6) is 0.295. The topological polar surface area (TPSA) is 80.8 Å². The molecular weight excluding hydrogens is 478 g/mol. The van der Waals surface area contributed by atoms with E-state index in [1.807, 2.05) is 56.3 Å². The summed E-state index contributed by atoms with van der Waals surface area (Å²) in [5, 5.41) is 2.62. The number of benzene rings is 2. The Labute approximate surface area is 226 Å². The molecule has 0 saturated carbocycles. The van der Waals surface area contributed by atoms with Crippen LogP contribution in [0.25, 0.3) is 0 Å². The van der Waals surface area contributed by atoms with Gasteiger partial charge in [-0.3, -0.25) is 5.32 Å². The average Bonchev–Trinajstić information content (AvgIpc) is 3.15. The van der Waals surface area contributed by atoms with E-state index in [0.717, 1.165) is 31.5 Å². The summed E-state index contributed by atoms with van der Waals surface area (Å²) < 4.78 is 10.9. The van der Waals surface area contributed by atoms with Crippen LogP contribution in [0.4, 0.5) is 10.6 Å². The molecule has 7 heteroatoms. The van der Waals surface area contributed by atoms with Crippen molar-refractivity contribution in [3.8, 4) is 5.75 Å². The van der Waals surface area contributed by atoms with Gasteiger partial charge in [0, 0.05) is 18.2 Å².